The van der Waals surface area contributed by atoms with Gasteiger partial charge in [0.2, 0.25) is 0 Å². The molecule has 0 bridgehead atoms. The predicted octanol–water partition coefficient (Wildman–Crippen LogP) is 3.01. The van der Waals surface area contributed by atoms with Crippen molar-refractivity contribution in [2.24, 2.45) is 5.41 Å². The van der Waals surface area contributed by atoms with Gasteiger partial charge in [-0.05, 0) is 45.4 Å². The van der Waals surface area contributed by atoms with Crippen LogP contribution in [-0.2, 0) is 4.74 Å². The number of rotatable bonds is 7. The molecule has 0 spiro atoms. The second-order valence-electron chi connectivity index (χ2n) is 5.77. The Morgan fingerprint density at radius 3 is 2.71 bits per heavy atom. The number of oxazole rings is 1. The lowest BCUT2D eigenvalue weighted by Crippen LogP contribution is -2.44. The minimum absolute atomic E-state index is 0.203. The lowest BCUT2D eigenvalue weighted by molar-refractivity contribution is 0.0561. The van der Waals surface area contributed by atoms with E-state index in [0.717, 1.165) is 43.9 Å². The van der Waals surface area contributed by atoms with Gasteiger partial charge in [-0.15, -0.1) is 0 Å². The van der Waals surface area contributed by atoms with Crippen LogP contribution in [0.3, 0.4) is 0 Å². The first-order valence-electron chi connectivity index (χ1n) is 7.61. The molecule has 2 N–H and O–H groups in total. The van der Waals surface area contributed by atoms with Crippen LogP contribution in [0, 0.1) is 19.3 Å². The number of aromatic nitrogens is 1. The number of carbonyl (C=O) groups is 1. The van der Waals surface area contributed by atoms with Crippen molar-refractivity contribution in [3.8, 4) is 0 Å². The molecule has 1 aliphatic rings. The number of urea groups is 1. The quantitative estimate of drug-likeness (QED) is 0.758. The van der Waals surface area contributed by atoms with Gasteiger partial charge in [0.1, 0.15) is 5.76 Å². The molecule has 6 nitrogen and oxygen atoms in total. The molecule has 1 fully saturated rings. The maximum Gasteiger partial charge on any atom is 0.322 e. The van der Waals surface area contributed by atoms with E-state index < -0.39 is 0 Å². The Morgan fingerprint density at radius 1 is 1.43 bits per heavy atom. The Balaban J connectivity index is 1.77. The van der Waals surface area contributed by atoms with Crippen LogP contribution in [0.1, 0.15) is 44.1 Å². The molecule has 0 saturated heterocycles. The number of nitrogens with zero attached hydrogens (tertiary/aromatic N) is 1. The van der Waals surface area contributed by atoms with E-state index in [2.05, 4.69) is 15.6 Å². The van der Waals surface area contributed by atoms with Crippen molar-refractivity contribution in [1.29, 1.82) is 0 Å². The zero-order valence-corrected chi connectivity index (χ0v) is 13.1. The van der Waals surface area contributed by atoms with E-state index in [0.29, 0.717) is 6.54 Å². The summed E-state index contributed by atoms with van der Waals surface area (Å²) < 4.78 is 10.8. The van der Waals surface area contributed by atoms with Gasteiger partial charge in [0.25, 0.3) is 0 Å². The molecule has 0 radical (unpaired) electrons. The van der Waals surface area contributed by atoms with Crippen molar-refractivity contribution in [2.75, 3.05) is 25.1 Å². The second-order valence-corrected chi connectivity index (χ2v) is 5.77. The minimum atomic E-state index is -0.265. The summed E-state index contributed by atoms with van der Waals surface area (Å²) in [5.74, 6) is 0.720. The second kappa shape index (κ2) is 6.93. The van der Waals surface area contributed by atoms with E-state index in [1.807, 2.05) is 20.8 Å². The van der Waals surface area contributed by atoms with Gasteiger partial charge in [-0.1, -0.05) is 6.42 Å². The molecule has 2 amide bonds. The molecule has 21 heavy (non-hydrogen) atoms. The van der Waals surface area contributed by atoms with Gasteiger partial charge < -0.3 is 14.5 Å². The van der Waals surface area contributed by atoms with Gasteiger partial charge in [0.05, 0.1) is 5.69 Å². The van der Waals surface area contributed by atoms with Gasteiger partial charge >= 0.3 is 12.0 Å². The molecule has 1 heterocycles. The minimum Gasteiger partial charge on any atom is -0.428 e. The molecule has 2 rings (SSSR count). The molecule has 1 aromatic rings. The summed E-state index contributed by atoms with van der Waals surface area (Å²) in [5, 5.41) is 5.56. The van der Waals surface area contributed by atoms with Crippen LogP contribution >= 0.6 is 0 Å². The van der Waals surface area contributed by atoms with Crippen LogP contribution in [0.25, 0.3) is 0 Å². The van der Waals surface area contributed by atoms with Crippen LogP contribution in [-0.4, -0.2) is 30.8 Å². The SMILES string of the molecule is CCOCCC1(CNC(=O)Nc2nc(C)c(C)o2)CCC1. The maximum atomic E-state index is 11.9. The lowest BCUT2D eigenvalue weighted by Gasteiger charge is -2.42. The molecule has 118 valence electrons. The van der Waals surface area contributed by atoms with E-state index >= 15 is 0 Å². The topological polar surface area (TPSA) is 76.4 Å². The Bertz CT molecular complexity index is 461. The Labute approximate surface area is 125 Å². The van der Waals surface area contributed by atoms with Crippen LogP contribution in [0.5, 0.6) is 0 Å². The maximum absolute atomic E-state index is 11.9. The number of aryl methyl sites for hydroxylation is 2. The average molecular weight is 295 g/mol. The van der Waals surface area contributed by atoms with Crippen LogP contribution in [0.2, 0.25) is 0 Å². The Morgan fingerprint density at radius 2 is 2.19 bits per heavy atom. The number of carbonyl (C=O) groups excluding carboxylic acids is 1. The highest BCUT2D eigenvalue weighted by molar-refractivity contribution is 5.87. The molecule has 6 heteroatoms. The standard InChI is InChI=1S/C15H25N3O3/c1-4-20-9-8-15(6-5-7-15)10-16-13(19)18-14-17-11(2)12(3)21-14/h4-10H2,1-3H3,(H2,16,17,18,19). The van der Waals surface area contributed by atoms with Crippen molar-refractivity contribution < 1.29 is 13.9 Å². The van der Waals surface area contributed by atoms with Crippen molar-refractivity contribution in [3.63, 3.8) is 0 Å². The van der Waals surface area contributed by atoms with Gasteiger partial charge in [0, 0.05) is 19.8 Å². The third-order valence-corrected chi connectivity index (χ3v) is 4.27. The van der Waals surface area contributed by atoms with Gasteiger partial charge in [-0.2, -0.15) is 4.98 Å². The normalized spacial score (nSPS) is 16.3. The van der Waals surface area contributed by atoms with Crippen molar-refractivity contribution in [2.45, 2.75) is 46.5 Å². The van der Waals surface area contributed by atoms with E-state index in [4.69, 9.17) is 9.15 Å². The highest BCUT2D eigenvalue weighted by Crippen LogP contribution is 2.43. The first-order valence-corrected chi connectivity index (χ1v) is 7.61. The zero-order valence-electron chi connectivity index (χ0n) is 13.1. The molecule has 1 aromatic heterocycles. The van der Waals surface area contributed by atoms with Crippen molar-refractivity contribution >= 4 is 12.0 Å². The van der Waals surface area contributed by atoms with Gasteiger partial charge in [-0.3, -0.25) is 5.32 Å². The molecular formula is C15H25N3O3. The van der Waals surface area contributed by atoms with E-state index in [9.17, 15) is 4.79 Å². The highest BCUT2D eigenvalue weighted by atomic mass is 16.5. The fraction of sp³-hybridized carbons (Fsp3) is 0.733. The number of amides is 2. The van der Waals surface area contributed by atoms with Crippen LogP contribution < -0.4 is 10.6 Å². The number of anilines is 1. The van der Waals surface area contributed by atoms with E-state index in [1.54, 1.807) is 0 Å². The smallest absolute Gasteiger partial charge is 0.322 e. The van der Waals surface area contributed by atoms with Gasteiger partial charge in [0.15, 0.2) is 0 Å². The Hall–Kier alpha value is -1.56. The summed E-state index contributed by atoms with van der Waals surface area (Å²) in [7, 11) is 0. The summed E-state index contributed by atoms with van der Waals surface area (Å²) in [6.45, 7) is 7.84. The lowest BCUT2D eigenvalue weighted by atomic mass is 9.67. The number of nitrogens with one attached hydrogen (secondary N) is 2. The summed E-state index contributed by atoms with van der Waals surface area (Å²) in [6.07, 6.45) is 4.53. The first kappa shape index (κ1) is 15.8. The van der Waals surface area contributed by atoms with Gasteiger partial charge in [-0.25, -0.2) is 4.79 Å². The molecular weight excluding hydrogens is 270 g/mol. The molecule has 1 aliphatic carbocycles. The van der Waals surface area contributed by atoms with Crippen LogP contribution in [0.15, 0.2) is 4.42 Å². The molecule has 0 aliphatic heterocycles. The third-order valence-electron chi connectivity index (χ3n) is 4.27. The average Bonchev–Trinajstić information content (AvgIpc) is 2.70. The number of hydrogen-bond donors (Lipinski definition) is 2. The summed E-state index contributed by atoms with van der Waals surface area (Å²) in [4.78, 5) is 16.0. The highest BCUT2D eigenvalue weighted by Gasteiger charge is 2.36. The summed E-state index contributed by atoms with van der Waals surface area (Å²) in [6, 6.07) is -0.0154. The monoisotopic (exact) mass is 295 g/mol. The zero-order chi connectivity index (χ0) is 15.3. The number of ether oxygens (including phenoxy) is 1. The Kier molecular flexibility index (Phi) is 5.22. The molecule has 0 aromatic carbocycles. The molecule has 0 atom stereocenters. The predicted molar refractivity (Wildman–Crippen MR) is 80.4 cm³/mol. The van der Waals surface area contributed by atoms with E-state index in [1.165, 1.54) is 6.42 Å². The van der Waals surface area contributed by atoms with Crippen molar-refractivity contribution in [1.82, 2.24) is 10.3 Å². The fourth-order valence-corrected chi connectivity index (χ4v) is 2.56. The third kappa shape index (κ3) is 4.20. The number of hydrogen-bond acceptors (Lipinski definition) is 4. The fourth-order valence-electron chi connectivity index (χ4n) is 2.56. The largest absolute Gasteiger partial charge is 0.428 e. The molecule has 0 unspecified atom stereocenters. The van der Waals surface area contributed by atoms with Crippen molar-refractivity contribution in [3.05, 3.63) is 11.5 Å². The molecule has 1 saturated carbocycles. The van der Waals surface area contributed by atoms with Crippen LogP contribution in [0.4, 0.5) is 10.8 Å². The summed E-state index contributed by atoms with van der Waals surface area (Å²) in [5.41, 5.74) is 0.993. The first-order chi connectivity index (χ1) is 10.0. The van der Waals surface area contributed by atoms with E-state index in [-0.39, 0.29) is 17.5 Å². The summed E-state index contributed by atoms with van der Waals surface area (Å²) >= 11 is 0.